The van der Waals surface area contributed by atoms with Crippen LogP contribution in [0.25, 0.3) is 5.76 Å². The number of carbonyl (C=O) groups is 2. The molecule has 1 saturated heterocycles. The molecule has 1 aliphatic heterocycles. The van der Waals surface area contributed by atoms with Gasteiger partial charge >= 0.3 is 0 Å². The number of para-hydroxylation sites is 1. The van der Waals surface area contributed by atoms with Crippen molar-refractivity contribution in [2.45, 2.75) is 32.7 Å². The minimum atomic E-state index is -0.687. The summed E-state index contributed by atoms with van der Waals surface area (Å²) in [7, 11) is 1.50. The fourth-order valence-corrected chi connectivity index (χ4v) is 3.68. The van der Waals surface area contributed by atoms with Crippen LogP contribution in [0, 0.1) is 0 Å². The highest BCUT2D eigenvalue weighted by molar-refractivity contribution is 6.46. The van der Waals surface area contributed by atoms with Crippen molar-refractivity contribution in [3.63, 3.8) is 0 Å². The number of aliphatic hydroxyl groups excluding tert-OH is 1. The van der Waals surface area contributed by atoms with Crippen LogP contribution in [0.2, 0.25) is 0 Å². The van der Waals surface area contributed by atoms with Crippen LogP contribution in [-0.4, -0.2) is 42.0 Å². The summed E-state index contributed by atoms with van der Waals surface area (Å²) in [6, 6.07) is 13.5. The van der Waals surface area contributed by atoms with Gasteiger partial charge in [0.05, 0.1) is 30.9 Å². The number of ether oxygens (including phenoxy) is 2. The largest absolute Gasteiger partial charge is 0.507 e. The Labute approximate surface area is 176 Å². The van der Waals surface area contributed by atoms with Gasteiger partial charge in [0.2, 0.25) is 0 Å². The predicted molar refractivity (Wildman–Crippen MR) is 115 cm³/mol. The zero-order chi connectivity index (χ0) is 21.7. The number of amides is 1. The van der Waals surface area contributed by atoms with Gasteiger partial charge in [-0.2, -0.15) is 0 Å². The van der Waals surface area contributed by atoms with Crippen LogP contribution in [0.5, 0.6) is 11.5 Å². The molecule has 2 aromatic carbocycles. The van der Waals surface area contributed by atoms with Gasteiger partial charge in [0.15, 0.2) is 0 Å². The number of nitrogens with zero attached hydrogens (tertiary/aromatic N) is 1. The molecule has 30 heavy (non-hydrogen) atoms. The van der Waals surface area contributed by atoms with Crippen LogP contribution < -0.4 is 9.47 Å². The topological polar surface area (TPSA) is 76.1 Å². The van der Waals surface area contributed by atoms with Crippen molar-refractivity contribution in [2.75, 3.05) is 20.3 Å². The quantitative estimate of drug-likeness (QED) is 0.399. The van der Waals surface area contributed by atoms with E-state index in [9.17, 15) is 14.7 Å². The number of benzene rings is 2. The highest BCUT2D eigenvalue weighted by atomic mass is 16.5. The third-order valence-corrected chi connectivity index (χ3v) is 5.16. The molecule has 0 aromatic heterocycles. The lowest BCUT2D eigenvalue weighted by molar-refractivity contribution is -0.139. The Balaban J connectivity index is 2.15. The summed E-state index contributed by atoms with van der Waals surface area (Å²) in [5.74, 6) is -0.382. The molecule has 1 heterocycles. The second kappa shape index (κ2) is 9.48. The lowest BCUT2D eigenvalue weighted by Crippen LogP contribution is -2.30. The molecule has 0 saturated carbocycles. The van der Waals surface area contributed by atoms with Crippen LogP contribution in [0.4, 0.5) is 0 Å². The Morgan fingerprint density at radius 2 is 1.77 bits per heavy atom. The van der Waals surface area contributed by atoms with E-state index in [-0.39, 0.29) is 11.3 Å². The van der Waals surface area contributed by atoms with Crippen LogP contribution in [0.3, 0.4) is 0 Å². The molecule has 1 aliphatic rings. The Kier molecular flexibility index (Phi) is 6.77. The van der Waals surface area contributed by atoms with E-state index in [0.29, 0.717) is 30.2 Å². The van der Waals surface area contributed by atoms with Crippen molar-refractivity contribution in [3.05, 3.63) is 65.2 Å². The normalized spacial score (nSPS) is 18.0. The average Bonchev–Trinajstić information content (AvgIpc) is 3.02. The van der Waals surface area contributed by atoms with Gasteiger partial charge in [-0.05, 0) is 43.2 Å². The van der Waals surface area contributed by atoms with Gasteiger partial charge in [-0.15, -0.1) is 0 Å². The maximum atomic E-state index is 13.0. The van der Waals surface area contributed by atoms with E-state index in [1.165, 1.54) is 7.11 Å². The van der Waals surface area contributed by atoms with Gasteiger partial charge in [-0.25, -0.2) is 0 Å². The zero-order valence-electron chi connectivity index (χ0n) is 17.6. The Morgan fingerprint density at radius 3 is 2.40 bits per heavy atom. The maximum absolute atomic E-state index is 13.0. The first-order chi connectivity index (χ1) is 14.5. The van der Waals surface area contributed by atoms with Crippen LogP contribution >= 0.6 is 0 Å². The lowest BCUT2D eigenvalue weighted by atomic mass is 9.95. The number of likely N-dealkylation sites (tertiary alicyclic amines) is 1. The van der Waals surface area contributed by atoms with E-state index in [0.717, 1.165) is 18.4 Å². The summed E-state index contributed by atoms with van der Waals surface area (Å²) in [4.78, 5) is 27.4. The Bertz CT molecular complexity index is 948. The molecule has 1 fully saturated rings. The molecule has 1 atom stereocenters. The number of aliphatic hydroxyl groups is 1. The SMILES string of the molecule is CCCCN1C(=O)C(=O)/C(=C(\O)c2ccccc2OC)C1c1ccc(OCC)cc1. The van der Waals surface area contributed by atoms with Crippen molar-refractivity contribution in [2.24, 2.45) is 0 Å². The number of ketones is 1. The van der Waals surface area contributed by atoms with E-state index < -0.39 is 17.7 Å². The maximum Gasteiger partial charge on any atom is 0.295 e. The second-order valence-corrected chi connectivity index (χ2v) is 7.05. The van der Waals surface area contributed by atoms with Crippen LogP contribution in [0.15, 0.2) is 54.1 Å². The van der Waals surface area contributed by atoms with Crippen molar-refractivity contribution < 1.29 is 24.2 Å². The van der Waals surface area contributed by atoms with Crippen LogP contribution in [-0.2, 0) is 9.59 Å². The number of methoxy groups -OCH3 is 1. The molecule has 0 spiro atoms. The molecule has 0 radical (unpaired) electrons. The predicted octanol–water partition coefficient (Wildman–Crippen LogP) is 4.32. The van der Waals surface area contributed by atoms with Gasteiger partial charge in [0.25, 0.3) is 11.7 Å². The minimum absolute atomic E-state index is 0.0739. The van der Waals surface area contributed by atoms with Gasteiger partial charge in [-0.1, -0.05) is 37.6 Å². The van der Waals surface area contributed by atoms with Gasteiger partial charge in [0.1, 0.15) is 17.3 Å². The fourth-order valence-electron chi connectivity index (χ4n) is 3.68. The van der Waals surface area contributed by atoms with Gasteiger partial charge in [0, 0.05) is 6.54 Å². The number of Topliss-reactive ketones (excluding diaryl/α,β-unsaturated/α-hetero) is 1. The van der Waals surface area contributed by atoms with E-state index >= 15 is 0 Å². The van der Waals surface area contributed by atoms with Crippen molar-refractivity contribution in [1.29, 1.82) is 0 Å². The minimum Gasteiger partial charge on any atom is -0.507 e. The molecular formula is C24H27NO5. The zero-order valence-corrected chi connectivity index (χ0v) is 17.6. The smallest absolute Gasteiger partial charge is 0.295 e. The number of hydrogen-bond acceptors (Lipinski definition) is 5. The number of rotatable bonds is 8. The summed E-state index contributed by atoms with van der Waals surface area (Å²) in [6.07, 6.45) is 1.64. The molecule has 2 aromatic rings. The molecule has 1 unspecified atom stereocenters. The second-order valence-electron chi connectivity index (χ2n) is 7.05. The first-order valence-corrected chi connectivity index (χ1v) is 10.2. The monoisotopic (exact) mass is 409 g/mol. The number of unbranched alkanes of at least 4 members (excludes halogenated alkanes) is 1. The summed E-state index contributed by atoms with van der Waals surface area (Å²) >= 11 is 0. The van der Waals surface area contributed by atoms with E-state index in [4.69, 9.17) is 9.47 Å². The van der Waals surface area contributed by atoms with E-state index in [2.05, 4.69) is 0 Å². The molecule has 0 aliphatic carbocycles. The Hall–Kier alpha value is -3.28. The third-order valence-electron chi connectivity index (χ3n) is 5.16. The molecule has 158 valence electrons. The average molecular weight is 409 g/mol. The Morgan fingerprint density at radius 1 is 1.07 bits per heavy atom. The molecular weight excluding hydrogens is 382 g/mol. The standard InChI is InChI=1S/C24H27NO5/c1-4-6-15-25-21(16-11-13-17(14-12-16)30-5-2)20(23(27)24(25)28)22(26)18-9-7-8-10-19(18)29-3/h7-14,21,26H,4-6,15H2,1-3H3/b22-20-. The van der Waals surface area contributed by atoms with Crippen molar-refractivity contribution in [3.8, 4) is 11.5 Å². The highest BCUT2D eigenvalue weighted by Gasteiger charge is 2.45. The number of hydrogen-bond donors (Lipinski definition) is 1. The van der Waals surface area contributed by atoms with E-state index in [1.54, 1.807) is 29.2 Å². The summed E-state index contributed by atoms with van der Waals surface area (Å²) in [6.45, 7) is 4.90. The summed E-state index contributed by atoms with van der Waals surface area (Å²) < 4.78 is 10.8. The molecule has 3 rings (SSSR count). The van der Waals surface area contributed by atoms with Gasteiger partial charge in [-0.3, -0.25) is 9.59 Å². The fraction of sp³-hybridized carbons (Fsp3) is 0.333. The molecule has 0 bridgehead atoms. The first-order valence-electron chi connectivity index (χ1n) is 10.2. The highest BCUT2D eigenvalue weighted by Crippen LogP contribution is 2.41. The summed E-state index contributed by atoms with van der Waals surface area (Å²) in [5.41, 5.74) is 1.19. The molecule has 6 nitrogen and oxygen atoms in total. The molecule has 1 N–H and O–H groups in total. The van der Waals surface area contributed by atoms with Crippen LogP contribution in [0.1, 0.15) is 43.9 Å². The van der Waals surface area contributed by atoms with Crippen molar-refractivity contribution >= 4 is 17.4 Å². The molecule has 1 amide bonds. The number of carbonyl (C=O) groups excluding carboxylic acids is 2. The van der Waals surface area contributed by atoms with Crippen molar-refractivity contribution in [1.82, 2.24) is 4.90 Å². The summed E-state index contributed by atoms with van der Waals surface area (Å²) in [5, 5.41) is 11.1. The molecule has 6 heteroatoms. The first kappa shape index (κ1) is 21.4. The lowest BCUT2D eigenvalue weighted by Gasteiger charge is -2.25. The third kappa shape index (κ3) is 4.03. The van der Waals surface area contributed by atoms with Gasteiger partial charge < -0.3 is 19.5 Å². The van der Waals surface area contributed by atoms with E-state index in [1.807, 2.05) is 38.1 Å².